The number of nitrogens with one attached hydrogen (secondary N) is 1. The first-order valence-corrected chi connectivity index (χ1v) is 10.7. The Morgan fingerprint density at radius 3 is 2.56 bits per heavy atom. The second-order valence-electron chi connectivity index (χ2n) is 9.23. The third-order valence-corrected chi connectivity index (χ3v) is 6.79. The number of urea groups is 1. The number of amides is 3. The highest BCUT2D eigenvalue weighted by Crippen LogP contribution is 2.50. The van der Waals surface area contributed by atoms with Crippen molar-refractivity contribution in [2.24, 2.45) is 12.5 Å². The standard InChI is InChI=1S/C22H22F4N6O2/c1-29-3-4-32-18(29)17(10-27-32)19(33)31-11-21(12-31)8-16(9-21)30(2)20(34)28-15-6-13(22(24,25)26)5-14(23)7-15/h3-7,10,16H,8-9,11-12H2,1-2H3,(H,28,34). The lowest BCUT2D eigenvalue weighted by molar-refractivity contribution is -0.137. The van der Waals surface area contributed by atoms with Gasteiger partial charge in [0.15, 0.2) is 0 Å². The Hall–Kier alpha value is -3.57. The van der Waals surface area contributed by atoms with Gasteiger partial charge in [0.25, 0.3) is 5.91 Å². The summed E-state index contributed by atoms with van der Waals surface area (Å²) in [6.45, 7) is 1.14. The summed E-state index contributed by atoms with van der Waals surface area (Å²) >= 11 is 0. The van der Waals surface area contributed by atoms with Crippen molar-refractivity contribution in [2.45, 2.75) is 25.1 Å². The molecule has 180 valence electrons. The highest BCUT2D eigenvalue weighted by atomic mass is 19.4. The zero-order valence-corrected chi connectivity index (χ0v) is 18.4. The number of alkyl halides is 3. The number of benzene rings is 1. The second-order valence-corrected chi connectivity index (χ2v) is 9.23. The van der Waals surface area contributed by atoms with Crippen LogP contribution in [0.3, 0.4) is 0 Å². The molecule has 12 heteroatoms. The molecule has 1 aromatic carbocycles. The van der Waals surface area contributed by atoms with E-state index in [1.807, 2.05) is 17.8 Å². The van der Waals surface area contributed by atoms with E-state index in [0.29, 0.717) is 43.6 Å². The number of rotatable bonds is 3. The normalized spacial score (nSPS) is 17.5. The SMILES string of the molecule is CN(C(=O)Nc1cc(F)cc(C(F)(F)F)c1)C1CC2(C1)CN(C(=O)c1cnn3ccn(C)c13)C2. The molecule has 0 bridgehead atoms. The van der Waals surface area contributed by atoms with Crippen LogP contribution in [0.2, 0.25) is 0 Å². The molecule has 34 heavy (non-hydrogen) atoms. The van der Waals surface area contributed by atoms with Crippen molar-refractivity contribution in [1.82, 2.24) is 24.0 Å². The molecule has 3 heterocycles. The minimum Gasteiger partial charge on any atom is -0.337 e. The largest absolute Gasteiger partial charge is 0.416 e. The highest BCUT2D eigenvalue weighted by molar-refractivity contribution is 6.00. The fraction of sp³-hybridized carbons (Fsp3) is 0.409. The minimum absolute atomic E-state index is 0.0718. The highest BCUT2D eigenvalue weighted by Gasteiger charge is 2.55. The quantitative estimate of drug-likeness (QED) is 0.585. The number of halogens is 4. The monoisotopic (exact) mass is 478 g/mol. The number of fused-ring (bicyclic) bond motifs is 1. The van der Waals surface area contributed by atoms with E-state index in [9.17, 15) is 27.2 Å². The molecule has 8 nitrogen and oxygen atoms in total. The van der Waals surface area contributed by atoms with Gasteiger partial charge in [-0.25, -0.2) is 13.7 Å². The van der Waals surface area contributed by atoms with E-state index in [0.717, 1.165) is 11.7 Å². The first-order chi connectivity index (χ1) is 16.0. The van der Waals surface area contributed by atoms with Gasteiger partial charge in [0.05, 0.1) is 11.8 Å². The van der Waals surface area contributed by atoms with Gasteiger partial charge in [-0.2, -0.15) is 18.3 Å². The summed E-state index contributed by atoms with van der Waals surface area (Å²) in [7, 11) is 3.40. The van der Waals surface area contributed by atoms with Gasteiger partial charge in [-0.1, -0.05) is 0 Å². The lowest BCUT2D eigenvalue weighted by Gasteiger charge is -2.60. The van der Waals surface area contributed by atoms with Crippen molar-refractivity contribution >= 4 is 23.3 Å². The van der Waals surface area contributed by atoms with Gasteiger partial charge in [-0.3, -0.25) is 4.79 Å². The molecule has 2 aliphatic rings. The molecule has 2 aromatic heterocycles. The van der Waals surface area contributed by atoms with Gasteiger partial charge in [0, 0.05) is 56.7 Å². The number of imidazole rings is 1. The van der Waals surface area contributed by atoms with Crippen LogP contribution in [0.15, 0.2) is 36.8 Å². The van der Waals surface area contributed by atoms with Crippen molar-refractivity contribution in [3.05, 3.63) is 53.7 Å². The maximum Gasteiger partial charge on any atom is 0.416 e. The Morgan fingerprint density at radius 1 is 1.18 bits per heavy atom. The third kappa shape index (κ3) is 3.66. The second kappa shape index (κ2) is 7.47. The number of anilines is 1. The number of hydrogen-bond donors (Lipinski definition) is 1. The summed E-state index contributed by atoms with van der Waals surface area (Å²) in [5, 5.41) is 6.54. The smallest absolute Gasteiger partial charge is 0.337 e. The van der Waals surface area contributed by atoms with Crippen LogP contribution in [-0.4, -0.2) is 62.1 Å². The van der Waals surface area contributed by atoms with Crippen LogP contribution in [0.1, 0.15) is 28.8 Å². The molecule has 1 saturated carbocycles. The number of hydrogen-bond acceptors (Lipinski definition) is 3. The van der Waals surface area contributed by atoms with Crippen molar-refractivity contribution in [1.29, 1.82) is 0 Å². The average Bonchev–Trinajstić information content (AvgIpc) is 3.27. The molecule has 1 spiro atoms. The molecule has 1 N–H and O–H groups in total. The Kier molecular flexibility index (Phi) is 4.88. The molecule has 2 fully saturated rings. The van der Waals surface area contributed by atoms with Gasteiger partial charge >= 0.3 is 12.2 Å². The van der Waals surface area contributed by atoms with Crippen molar-refractivity contribution in [3.8, 4) is 0 Å². The first-order valence-electron chi connectivity index (χ1n) is 10.7. The maximum absolute atomic E-state index is 13.6. The zero-order chi connectivity index (χ0) is 24.4. The van der Waals surface area contributed by atoms with Gasteiger partial charge in [0.1, 0.15) is 17.0 Å². The van der Waals surface area contributed by atoms with Crippen LogP contribution in [0, 0.1) is 11.2 Å². The van der Waals surface area contributed by atoms with Gasteiger partial charge < -0.3 is 19.7 Å². The maximum atomic E-state index is 13.6. The van der Waals surface area contributed by atoms with Crippen LogP contribution >= 0.6 is 0 Å². The first kappa shape index (κ1) is 22.2. The number of aryl methyl sites for hydroxylation is 1. The number of likely N-dealkylation sites (tertiary alicyclic amines) is 1. The van der Waals surface area contributed by atoms with E-state index in [2.05, 4.69) is 10.4 Å². The predicted octanol–water partition coefficient (Wildman–Crippen LogP) is 3.60. The lowest BCUT2D eigenvalue weighted by Crippen LogP contribution is -2.67. The molecular weight excluding hydrogens is 456 g/mol. The van der Waals surface area contributed by atoms with Gasteiger partial charge in [0.2, 0.25) is 0 Å². The zero-order valence-electron chi connectivity index (χ0n) is 18.4. The summed E-state index contributed by atoms with van der Waals surface area (Å²) in [4.78, 5) is 28.6. The van der Waals surface area contributed by atoms with Crippen molar-refractivity contribution in [3.63, 3.8) is 0 Å². The van der Waals surface area contributed by atoms with Crippen LogP contribution in [0.5, 0.6) is 0 Å². The van der Waals surface area contributed by atoms with E-state index in [1.54, 1.807) is 28.9 Å². The average molecular weight is 478 g/mol. The van der Waals surface area contributed by atoms with Gasteiger partial charge in [-0.05, 0) is 31.0 Å². The van der Waals surface area contributed by atoms with E-state index >= 15 is 0 Å². The Morgan fingerprint density at radius 2 is 1.88 bits per heavy atom. The molecule has 0 unspecified atom stereocenters. The molecule has 1 aliphatic heterocycles. The molecule has 5 rings (SSSR count). The van der Waals surface area contributed by atoms with Crippen LogP contribution in [-0.2, 0) is 13.2 Å². The predicted molar refractivity (Wildman–Crippen MR) is 114 cm³/mol. The molecule has 3 aromatic rings. The number of carbonyl (C=O) groups excluding carboxylic acids is 2. The fourth-order valence-corrected chi connectivity index (χ4v) is 4.95. The molecule has 0 atom stereocenters. The summed E-state index contributed by atoms with van der Waals surface area (Å²) in [5.41, 5.74) is -0.245. The Balaban J connectivity index is 1.17. The summed E-state index contributed by atoms with van der Waals surface area (Å²) in [6.07, 6.45) is 1.78. The summed E-state index contributed by atoms with van der Waals surface area (Å²) < 4.78 is 55.8. The topological polar surface area (TPSA) is 74.9 Å². The molecular formula is C22H22F4N6O2. The molecule has 3 amide bonds. The minimum atomic E-state index is -4.72. The third-order valence-electron chi connectivity index (χ3n) is 6.79. The van der Waals surface area contributed by atoms with E-state index in [-0.39, 0.29) is 23.1 Å². The number of nitrogens with zero attached hydrogens (tertiary/aromatic N) is 5. The molecule has 1 aliphatic carbocycles. The molecule has 0 radical (unpaired) electrons. The number of carbonyl (C=O) groups is 2. The summed E-state index contributed by atoms with van der Waals surface area (Å²) in [6, 6.07) is 1.19. The molecule has 1 saturated heterocycles. The fourth-order valence-electron chi connectivity index (χ4n) is 4.95. The van der Waals surface area contributed by atoms with Gasteiger partial charge in [-0.15, -0.1) is 0 Å². The van der Waals surface area contributed by atoms with E-state index < -0.39 is 23.6 Å². The Bertz CT molecular complexity index is 1280. The van der Waals surface area contributed by atoms with Crippen LogP contribution in [0.4, 0.5) is 28.0 Å². The van der Waals surface area contributed by atoms with E-state index in [1.165, 1.54) is 4.90 Å². The van der Waals surface area contributed by atoms with Crippen molar-refractivity contribution in [2.75, 3.05) is 25.5 Å². The number of aromatic nitrogens is 3. The van der Waals surface area contributed by atoms with Crippen LogP contribution in [0.25, 0.3) is 5.65 Å². The van der Waals surface area contributed by atoms with Crippen molar-refractivity contribution < 1.29 is 27.2 Å². The Labute approximate surface area is 191 Å². The summed E-state index contributed by atoms with van der Waals surface area (Å²) in [5.74, 6) is -1.18. The van der Waals surface area contributed by atoms with Crippen LogP contribution < -0.4 is 5.32 Å². The van der Waals surface area contributed by atoms with E-state index in [4.69, 9.17) is 0 Å². The lowest BCUT2D eigenvalue weighted by atomic mass is 9.60.